The number of rotatable bonds is 5. The van der Waals surface area contributed by atoms with E-state index < -0.39 is 5.97 Å². The number of amides is 1. The van der Waals surface area contributed by atoms with Crippen LogP contribution in [-0.2, 0) is 14.3 Å². The number of hydrogen-bond acceptors (Lipinski definition) is 3. The first kappa shape index (κ1) is 13.3. The molecule has 2 unspecified atom stereocenters. The smallest absolute Gasteiger partial charge is 0.306 e. The van der Waals surface area contributed by atoms with Gasteiger partial charge in [-0.05, 0) is 39.0 Å². The molecule has 0 aromatic heterocycles. The van der Waals surface area contributed by atoms with E-state index in [0.29, 0.717) is 25.4 Å². The van der Waals surface area contributed by atoms with Crippen LogP contribution in [0.2, 0.25) is 0 Å². The van der Waals surface area contributed by atoms with Crippen molar-refractivity contribution in [3.8, 4) is 0 Å². The lowest BCUT2D eigenvalue weighted by molar-refractivity contribution is -0.146. The molecule has 5 nitrogen and oxygen atoms in total. The van der Waals surface area contributed by atoms with E-state index >= 15 is 0 Å². The summed E-state index contributed by atoms with van der Waals surface area (Å²) in [5, 5.41) is 11.6. The number of carbonyl (C=O) groups is 2. The van der Waals surface area contributed by atoms with Crippen molar-refractivity contribution in [2.45, 2.75) is 63.7 Å². The zero-order valence-electron chi connectivity index (χ0n) is 10.7. The summed E-state index contributed by atoms with van der Waals surface area (Å²) >= 11 is 0. The number of hydrogen-bond donors (Lipinski definition) is 2. The van der Waals surface area contributed by atoms with Crippen LogP contribution >= 0.6 is 0 Å². The number of nitrogens with one attached hydrogen (secondary N) is 1. The van der Waals surface area contributed by atoms with Gasteiger partial charge in [-0.15, -0.1) is 0 Å². The van der Waals surface area contributed by atoms with E-state index in [9.17, 15) is 9.59 Å². The molecular weight excluding hydrogens is 234 g/mol. The van der Waals surface area contributed by atoms with Crippen LogP contribution in [0.1, 0.15) is 45.4 Å². The second kappa shape index (κ2) is 5.69. The molecule has 2 N–H and O–H groups in total. The molecule has 5 heteroatoms. The van der Waals surface area contributed by atoms with Gasteiger partial charge < -0.3 is 15.2 Å². The van der Waals surface area contributed by atoms with Gasteiger partial charge in [-0.3, -0.25) is 9.59 Å². The monoisotopic (exact) mass is 255 g/mol. The lowest BCUT2D eigenvalue weighted by atomic mass is 9.80. The Labute approximate surface area is 107 Å². The maximum absolute atomic E-state index is 11.6. The Bertz CT molecular complexity index is 325. The summed E-state index contributed by atoms with van der Waals surface area (Å²) < 4.78 is 5.65. The van der Waals surface area contributed by atoms with E-state index in [4.69, 9.17) is 9.84 Å². The van der Waals surface area contributed by atoms with E-state index in [2.05, 4.69) is 12.2 Å². The summed E-state index contributed by atoms with van der Waals surface area (Å²) in [4.78, 5) is 22.3. The van der Waals surface area contributed by atoms with Crippen LogP contribution in [-0.4, -0.2) is 35.2 Å². The highest BCUT2D eigenvalue weighted by molar-refractivity contribution is 5.77. The molecule has 0 aromatic carbocycles. The average Bonchev–Trinajstić information content (AvgIpc) is 2.65. The van der Waals surface area contributed by atoms with E-state index in [1.807, 2.05) is 0 Å². The highest BCUT2D eigenvalue weighted by Crippen LogP contribution is 2.28. The van der Waals surface area contributed by atoms with Gasteiger partial charge in [0, 0.05) is 12.5 Å². The van der Waals surface area contributed by atoms with Crippen molar-refractivity contribution >= 4 is 11.9 Å². The molecule has 2 rings (SSSR count). The molecule has 0 radical (unpaired) electrons. The number of carboxylic acid groups (broad SMARTS) is 1. The van der Waals surface area contributed by atoms with Crippen LogP contribution in [0.4, 0.5) is 0 Å². The maximum Gasteiger partial charge on any atom is 0.306 e. The van der Waals surface area contributed by atoms with Crippen molar-refractivity contribution in [3.63, 3.8) is 0 Å². The number of carbonyl (C=O) groups excluding carboxylic acids is 1. The van der Waals surface area contributed by atoms with E-state index in [1.165, 1.54) is 0 Å². The molecule has 1 heterocycles. The third-order valence-electron chi connectivity index (χ3n) is 3.87. The van der Waals surface area contributed by atoms with Crippen molar-refractivity contribution in [1.29, 1.82) is 0 Å². The molecule has 1 saturated heterocycles. The molecule has 1 amide bonds. The zero-order chi connectivity index (χ0) is 13.1. The summed E-state index contributed by atoms with van der Waals surface area (Å²) in [5.41, 5.74) is 0. The van der Waals surface area contributed by atoms with Crippen molar-refractivity contribution in [1.82, 2.24) is 5.32 Å². The van der Waals surface area contributed by atoms with Gasteiger partial charge in [-0.2, -0.15) is 0 Å². The van der Waals surface area contributed by atoms with Crippen molar-refractivity contribution in [3.05, 3.63) is 0 Å². The molecule has 0 spiro atoms. The first-order valence-electron chi connectivity index (χ1n) is 6.72. The number of ether oxygens (including phenoxy) is 1. The summed E-state index contributed by atoms with van der Waals surface area (Å²) in [6.45, 7) is 2.06. The van der Waals surface area contributed by atoms with Gasteiger partial charge >= 0.3 is 5.97 Å². The molecule has 18 heavy (non-hydrogen) atoms. The van der Waals surface area contributed by atoms with Gasteiger partial charge in [0.1, 0.15) is 0 Å². The van der Waals surface area contributed by atoms with E-state index in [1.54, 1.807) is 0 Å². The summed E-state index contributed by atoms with van der Waals surface area (Å²) in [5.74, 6) is -1.00. The Hall–Kier alpha value is -1.10. The predicted molar refractivity (Wildman–Crippen MR) is 65.1 cm³/mol. The lowest BCUT2D eigenvalue weighted by Crippen LogP contribution is -2.46. The molecule has 102 valence electrons. The van der Waals surface area contributed by atoms with Crippen molar-refractivity contribution < 1.29 is 19.4 Å². The van der Waals surface area contributed by atoms with Gasteiger partial charge in [0.25, 0.3) is 0 Å². The molecular formula is C13H21NO4. The quantitative estimate of drug-likeness (QED) is 0.776. The second-order valence-electron chi connectivity index (χ2n) is 5.46. The van der Waals surface area contributed by atoms with Gasteiger partial charge in [0.05, 0.1) is 18.1 Å². The first-order chi connectivity index (χ1) is 8.54. The minimum absolute atomic E-state index is 0.0204. The fourth-order valence-electron chi connectivity index (χ4n) is 2.63. The summed E-state index contributed by atoms with van der Waals surface area (Å²) in [7, 11) is 0. The Morgan fingerprint density at radius 1 is 1.33 bits per heavy atom. The number of carboxylic acids is 1. The fourth-order valence-corrected chi connectivity index (χ4v) is 2.63. The van der Waals surface area contributed by atoms with Crippen LogP contribution in [0, 0.1) is 5.92 Å². The molecule has 2 aliphatic rings. The van der Waals surface area contributed by atoms with Crippen LogP contribution in [0.25, 0.3) is 0 Å². The van der Waals surface area contributed by atoms with Crippen LogP contribution in [0.15, 0.2) is 0 Å². The Morgan fingerprint density at radius 2 is 2.06 bits per heavy atom. The van der Waals surface area contributed by atoms with Gasteiger partial charge in [-0.1, -0.05) is 0 Å². The molecule has 1 aliphatic carbocycles. The predicted octanol–water partition coefficient (Wildman–Crippen LogP) is 1.31. The molecule has 1 aliphatic heterocycles. The van der Waals surface area contributed by atoms with E-state index in [0.717, 1.165) is 19.3 Å². The van der Waals surface area contributed by atoms with Crippen LogP contribution < -0.4 is 5.32 Å². The van der Waals surface area contributed by atoms with Crippen LogP contribution in [0.3, 0.4) is 0 Å². The van der Waals surface area contributed by atoms with E-state index in [-0.39, 0.29) is 24.0 Å². The molecule has 0 aromatic rings. The first-order valence-corrected chi connectivity index (χ1v) is 6.72. The summed E-state index contributed by atoms with van der Waals surface area (Å²) in [6, 6.07) is 0.0574. The minimum atomic E-state index is -0.756. The lowest BCUT2D eigenvalue weighted by Gasteiger charge is -2.32. The molecule has 2 fully saturated rings. The molecule has 0 bridgehead atoms. The SMILES string of the molecule is CC1CCC(CCC(=O)NC2CC(C(=O)O)C2)O1. The fraction of sp³-hybridized carbons (Fsp3) is 0.846. The van der Waals surface area contributed by atoms with Crippen molar-refractivity contribution in [2.75, 3.05) is 0 Å². The zero-order valence-corrected chi connectivity index (χ0v) is 10.7. The van der Waals surface area contributed by atoms with Crippen molar-refractivity contribution in [2.24, 2.45) is 5.92 Å². The Kier molecular flexibility index (Phi) is 4.22. The summed E-state index contributed by atoms with van der Waals surface area (Å²) in [6.07, 6.45) is 5.04. The van der Waals surface area contributed by atoms with Gasteiger partial charge in [0.15, 0.2) is 0 Å². The molecule has 2 atom stereocenters. The highest BCUT2D eigenvalue weighted by atomic mass is 16.5. The number of aliphatic carboxylic acids is 1. The minimum Gasteiger partial charge on any atom is -0.481 e. The Balaban J connectivity index is 1.57. The van der Waals surface area contributed by atoms with Gasteiger partial charge in [0.2, 0.25) is 5.91 Å². The third kappa shape index (κ3) is 3.45. The highest BCUT2D eigenvalue weighted by Gasteiger charge is 2.35. The molecule has 1 saturated carbocycles. The largest absolute Gasteiger partial charge is 0.481 e. The Morgan fingerprint density at radius 3 is 2.61 bits per heavy atom. The topological polar surface area (TPSA) is 75.6 Å². The van der Waals surface area contributed by atoms with Crippen LogP contribution in [0.5, 0.6) is 0 Å². The second-order valence-corrected chi connectivity index (χ2v) is 5.46. The maximum atomic E-state index is 11.6. The standard InChI is InChI=1S/C13H21NO4/c1-8-2-3-11(18-8)4-5-12(15)14-10-6-9(7-10)13(16)17/h8-11H,2-7H2,1H3,(H,14,15)(H,16,17). The normalized spacial score (nSPS) is 34.9. The van der Waals surface area contributed by atoms with Gasteiger partial charge in [-0.25, -0.2) is 0 Å². The average molecular weight is 255 g/mol. The third-order valence-corrected chi connectivity index (χ3v) is 3.87.